The summed E-state index contributed by atoms with van der Waals surface area (Å²) in [6.07, 6.45) is 5.21. The lowest BCUT2D eigenvalue weighted by atomic mass is 9.80. The zero-order valence-corrected chi connectivity index (χ0v) is 13.1. The van der Waals surface area contributed by atoms with Crippen molar-refractivity contribution in [2.75, 3.05) is 19.7 Å². The lowest BCUT2D eigenvalue weighted by Gasteiger charge is -2.28. The largest absolute Gasteiger partial charge is 0.481 e. The average Bonchev–Trinajstić information content (AvgIpc) is 2.70. The van der Waals surface area contributed by atoms with Gasteiger partial charge in [-0.3, -0.25) is 4.79 Å². The van der Waals surface area contributed by atoms with E-state index in [-0.39, 0.29) is 18.7 Å². The summed E-state index contributed by atoms with van der Waals surface area (Å²) in [5.41, 5.74) is -0.806. The van der Waals surface area contributed by atoms with Crippen molar-refractivity contribution in [1.29, 1.82) is 0 Å². The molecule has 1 unspecified atom stereocenters. The van der Waals surface area contributed by atoms with E-state index in [1.165, 1.54) is 0 Å². The number of rotatable bonds is 7. The molecule has 0 spiro atoms. The number of amides is 2. The molecule has 21 heavy (non-hydrogen) atoms. The minimum absolute atomic E-state index is 0.0490. The zero-order valence-electron chi connectivity index (χ0n) is 13.1. The van der Waals surface area contributed by atoms with Gasteiger partial charge in [-0.15, -0.1) is 0 Å². The van der Waals surface area contributed by atoms with Crippen LogP contribution in [0.15, 0.2) is 0 Å². The second-order valence-corrected chi connectivity index (χ2v) is 5.83. The van der Waals surface area contributed by atoms with Gasteiger partial charge in [-0.25, -0.2) is 4.79 Å². The quantitative estimate of drug-likeness (QED) is 0.629. The minimum atomic E-state index is -0.806. The molecule has 1 saturated carbocycles. The van der Waals surface area contributed by atoms with Crippen molar-refractivity contribution in [2.45, 2.75) is 58.5 Å². The highest BCUT2D eigenvalue weighted by atomic mass is 16.5. The summed E-state index contributed by atoms with van der Waals surface area (Å²) in [4.78, 5) is 23.4. The first-order valence-corrected chi connectivity index (χ1v) is 7.87. The molecule has 122 valence electrons. The van der Waals surface area contributed by atoms with E-state index in [0.717, 1.165) is 25.7 Å². The van der Waals surface area contributed by atoms with Crippen LogP contribution in [-0.2, 0) is 9.53 Å². The van der Waals surface area contributed by atoms with E-state index in [1.807, 2.05) is 13.8 Å². The third-order valence-electron chi connectivity index (χ3n) is 4.10. The van der Waals surface area contributed by atoms with Gasteiger partial charge in [0.2, 0.25) is 0 Å². The van der Waals surface area contributed by atoms with E-state index in [0.29, 0.717) is 26.0 Å². The molecular formula is C15H28N2O4. The molecule has 1 aliphatic rings. The maximum atomic E-state index is 11.8. The number of carboxylic acid groups (broad SMARTS) is 1. The van der Waals surface area contributed by atoms with E-state index in [9.17, 15) is 14.7 Å². The zero-order chi connectivity index (χ0) is 15.7. The highest BCUT2D eigenvalue weighted by Gasteiger charge is 2.38. The molecule has 6 heteroatoms. The molecule has 0 heterocycles. The molecule has 1 aliphatic carbocycles. The number of carboxylic acids is 1. The second-order valence-electron chi connectivity index (χ2n) is 5.83. The van der Waals surface area contributed by atoms with Crippen LogP contribution in [0.25, 0.3) is 0 Å². The first kappa shape index (κ1) is 17.8. The molecule has 0 aliphatic heterocycles. The molecule has 1 rings (SSSR count). The van der Waals surface area contributed by atoms with Crippen molar-refractivity contribution < 1.29 is 19.4 Å². The summed E-state index contributed by atoms with van der Waals surface area (Å²) >= 11 is 0. The highest BCUT2D eigenvalue weighted by molar-refractivity contribution is 5.78. The fourth-order valence-electron chi connectivity index (χ4n) is 2.76. The van der Waals surface area contributed by atoms with Crippen LogP contribution in [0.5, 0.6) is 0 Å². The SMILES string of the molecule is CCOC(C)CNC(=O)NCC1(C(=O)O)CCCCCC1. The van der Waals surface area contributed by atoms with Crippen molar-refractivity contribution >= 4 is 12.0 Å². The van der Waals surface area contributed by atoms with Crippen LogP contribution in [0.4, 0.5) is 4.79 Å². The van der Waals surface area contributed by atoms with Gasteiger partial charge in [0.1, 0.15) is 0 Å². The molecule has 0 aromatic rings. The van der Waals surface area contributed by atoms with Crippen LogP contribution < -0.4 is 10.6 Å². The van der Waals surface area contributed by atoms with Gasteiger partial charge in [0.25, 0.3) is 0 Å². The van der Waals surface area contributed by atoms with Crippen LogP contribution in [0.3, 0.4) is 0 Å². The van der Waals surface area contributed by atoms with Gasteiger partial charge in [0.05, 0.1) is 11.5 Å². The Labute approximate surface area is 126 Å². The minimum Gasteiger partial charge on any atom is -0.481 e. The predicted octanol–water partition coefficient (Wildman–Crippen LogP) is 2.14. The fourth-order valence-corrected chi connectivity index (χ4v) is 2.76. The first-order chi connectivity index (χ1) is 10.00. The van der Waals surface area contributed by atoms with Crippen molar-refractivity contribution in [3.8, 4) is 0 Å². The van der Waals surface area contributed by atoms with Gasteiger partial charge in [-0.1, -0.05) is 25.7 Å². The number of hydrogen-bond acceptors (Lipinski definition) is 3. The average molecular weight is 300 g/mol. The molecule has 3 N–H and O–H groups in total. The van der Waals surface area contributed by atoms with E-state index in [4.69, 9.17) is 4.74 Å². The molecule has 1 atom stereocenters. The smallest absolute Gasteiger partial charge is 0.314 e. The van der Waals surface area contributed by atoms with Crippen molar-refractivity contribution in [3.63, 3.8) is 0 Å². The molecule has 1 fully saturated rings. The molecular weight excluding hydrogens is 272 g/mol. The van der Waals surface area contributed by atoms with Gasteiger partial charge in [-0.05, 0) is 26.7 Å². The monoisotopic (exact) mass is 300 g/mol. The van der Waals surface area contributed by atoms with Crippen LogP contribution in [-0.4, -0.2) is 42.9 Å². The molecule has 2 amide bonds. The third-order valence-corrected chi connectivity index (χ3v) is 4.10. The summed E-state index contributed by atoms with van der Waals surface area (Å²) < 4.78 is 5.32. The maximum Gasteiger partial charge on any atom is 0.314 e. The summed E-state index contributed by atoms with van der Waals surface area (Å²) in [7, 11) is 0. The molecule has 6 nitrogen and oxygen atoms in total. The van der Waals surface area contributed by atoms with E-state index in [1.54, 1.807) is 0 Å². The van der Waals surface area contributed by atoms with Crippen molar-refractivity contribution in [1.82, 2.24) is 10.6 Å². The Morgan fingerprint density at radius 3 is 2.33 bits per heavy atom. The molecule has 0 aromatic heterocycles. The van der Waals surface area contributed by atoms with Gasteiger partial charge < -0.3 is 20.5 Å². The lowest BCUT2D eigenvalue weighted by molar-refractivity contribution is -0.149. The summed E-state index contributed by atoms with van der Waals surface area (Å²) in [5.74, 6) is -0.799. The number of ether oxygens (including phenoxy) is 1. The molecule has 0 bridgehead atoms. The van der Waals surface area contributed by atoms with Crippen molar-refractivity contribution in [3.05, 3.63) is 0 Å². The third kappa shape index (κ3) is 5.91. The number of carbonyl (C=O) groups is 2. The fraction of sp³-hybridized carbons (Fsp3) is 0.867. The molecule has 0 radical (unpaired) electrons. The van der Waals surface area contributed by atoms with Gasteiger partial charge in [0.15, 0.2) is 0 Å². The van der Waals surface area contributed by atoms with Crippen LogP contribution in [0.2, 0.25) is 0 Å². The highest BCUT2D eigenvalue weighted by Crippen LogP contribution is 2.34. The van der Waals surface area contributed by atoms with Crippen LogP contribution in [0.1, 0.15) is 52.4 Å². The van der Waals surface area contributed by atoms with Gasteiger partial charge >= 0.3 is 12.0 Å². The Morgan fingerprint density at radius 1 is 1.19 bits per heavy atom. The number of nitrogens with one attached hydrogen (secondary N) is 2. The normalized spacial score (nSPS) is 19.3. The van der Waals surface area contributed by atoms with Gasteiger partial charge in [-0.2, -0.15) is 0 Å². The standard InChI is InChI=1S/C15H28N2O4/c1-3-21-12(2)10-16-14(20)17-11-15(13(18)19)8-6-4-5-7-9-15/h12H,3-11H2,1-2H3,(H,18,19)(H2,16,17,20). The summed E-state index contributed by atoms with van der Waals surface area (Å²) in [5, 5.41) is 14.9. The summed E-state index contributed by atoms with van der Waals surface area (Å²) in [6.45, 7) is 5.00. The Bertz CT molecular complexity index is 339. The Hall–Kier alpha value is -1.30. The predicted molar refractivity (Wildman–Crippen MR) is 80.3 cm³/mol. The molecule has 0 aromatic carbocycles. The number of aliphatic carboxylic acids is 1. The number of urea groups is 1. The summed E-state index contributed by atoms with van der Waals surface area (Å²) in [6, 6.07) is -0.327. The van der Waals surface area contributed by atoms with E-state index in [2.05, 4.69) is 10.6 Å². The Morgan fingerprint density at radius 2 is 1.81 bits per heavy atom. The topological polar surface area (TPSA) is 87.7 Å². The molecule has 0 saturated heterocycles. The Kier molecular flexibility index (Phi) is 7.50. The van der Waals surface area contributed by atoms with Crippen LogP contribution >= 0.6 is 0 Å². The maximum absolute atomic E-state index is 11.8. The van der Waals surface area contributed by atoms with Crippen LogP contribution in [0, 0.1) is 5.41 Å². The number of carbonyl (C=O) groups excluding carboxylic acids is 1. The van der Waals surface area contributed by atoms with E-state index < -0.39 is 11.4 Å². The van der Waals surface area contributed by atoms with E-state index >= 15 is 0 Å². The first-order valence-electron chi connectivity index (χ1n) is 7.87. The number of hydrogen-bond donors (Lipinski definition) is 3. The Balaban J connectivity index is 2.42. The second kappa shape index (κ2) is 8.87. The van der Waals surface area contributed by atoms with Gasteiger partial charge in [0, 0.05) is 19.7 Å². The lowest BCUT2D eigenvalue weighted by Crippen LogP contribution is -2.47. The van der Waals surface area contributed by atoms with Crippen molar-refractivity contribution in [2.24, 2.45) is 5.41 Å².